The molecule has 0 saturated carbocycles. The van der Waals surface area contributed by atoms with Gasteiger partial charge in [0.1, 0.15) is 12.1 Å². The summed E-state index contributed by atoms with van der Waals surface area (Å²) in [5.41, 5.74) is 1.01. The summed E-state index contributed by atoms with van der Waals surface area (Å²) < 4.78 is 0. The van der Waals surface area contributed by atoms with E-state index in [2.05, 4.69) is 33.3 Å². The predicted molar refractivity (Wildman–Crippen MR) is 78.4 cm³/mol. The summed E-state index contributed by atoms with van der Waals surface area (Å²) in [6.07, 6.45) is 4.25. The summed E-state index contributed by atoms with van der Waals surface area (Å²) >= 11 is 0. The van der Waals surface area contributed by atoms with Crippen molar-refractivity contribution >= 4 is 16.7 Å². The zero-order valence-corrected chi connectivity index (χ0v) is 11.3. The number of hydrogen-bond acceptors (Lipinski definition) is 4. The molecular weight excluding hydrogens is 236 g/mol. The molecule has 0 amide bonds. The average Bonchev–Trinajstić information content (AvgIpc) is 2.47. The van der Waals surface area contributed by atoms with E-state index in [1.54, 1.807) is 6.33 Å². The van der Waals surface area contributed by atoms with Crippen molar-refractivity contribution in [3.05, 3.63) is 30.6 Å². The van der Waals surface area contributed by atoms with Crippen LogP contribution >= 0.6 is 0 Å². The Hall–Kier alpha value is -1.68. The Labute approximate surface area is 113 Å². The van der Waals surface area contributed by atoms with Gasteiger partial charge < -0.3 is 10.2 Å². The molecule has 2 aromatic rings. The Balaban J connectivity index is 1.82. The van der Waals surface area contributed by atoms with Gasteiger partial charge in [-0.05, 0) is 44.0 Å². The quantitative estimate of drug-likeness (QED) is 0.912. The Kier molecular flexibility index (Phi) is 3.60. The summed E-state index contributed by atoms with van der Waals surface area (Å²) in [5.74, 6) is 1.75. The molecule has 19 heavy (non-hydrogen) atoms. The largest absolute Gasteiger partial charge is 0.359 e. The molecule has 1 saturated heterocycles. The monoisotopic (exact) mass is 256 g/mol. The molecular formula is C15H20N4. The fourth-order valence-corrected chi connectivity index (χ4v) is 2.85. The maximum Gasteiger partial charge on any atom is 0.139 e. The highest BCUT2D eigenvalue weighted by atomic mass is 15.2. The molecule has 1 aliphatic rings. The first-order valence-corrected chi connectivity index (χ1v) is 6.96. The summed E-state index contributed by atoms with van der Waals surface area (Å²) in [5, 5.41) is 4.60. The minimum atomic E-state index is 0.715. The van der Waals surface area contributed by atoms with Gasteiger partial charge in [-0.3, -0.25) is 0 Å². The lowest BCUT2D eigenvalue weighted by molar-refractivity contribution is 0.381. The van der Waals surface area contributed by atoms with Crippen LogP contribution in [0.15, 0.2) is 30.6 Å². The lowest BCUT2D eigenvalue weighted by Crippen LogP contribution is -2.37. The third-order valence-electron chi connectivity index (χ3n) is 3.81. The third kappa shape index (κ3) is 2.68. The second-order valence-electron chi connectivity index (χ2n) is 5.31. The number of para-hydroxylation sites is 1. The van der Waals surface area contributed by atoms with Gasteiger partial charge in [-0.1, -0.05) is 12.1 Å². The van der Waals surface area contributed by atoms with Gasteiger partial charge in [0.2, 0.25) is 0 Å². The van der Waals surface area contributed by atoms with Gasteiger partial charge in [0.15, 0.2) is 0 Å². The van der Waals surface area contributed by atoms with Crippen molar-refractivity contribution < 1.29 is 0 Å². The molecule has 3 rings (SSSR count). The fraction of sp³-hybridized carbons (Fsp3) is 0.467. The topological polar surface area (TPSA) is 41.0 Å². The van der Waals surface area contributed by atoms with Crippen LogP contribution in [0.2, 0.25) is 0 Å². The molecule has 1 unspecified atom stereocenters. The summed E-state index contributed by atoms with van der Waals surface area (Å²) in [7, 11) is 2.13. The zero-order chi connectivity index (χ0) is 13.1. The summed E-state index contributed by atoms with van der Waals surface area (Å²) in [6, 6.07) is 8.20. The SMILES string of the molecule is CN(CC1CCCNC1)c1ncnc2ccccc12. The second kappa shape index (κ2) is 5.53. The van der Waals surface area contributed by atoms with E-state index in [9.17, 15) is 0 Å². The van der Waals surface area contributed by atoms with Crippen LogP contribution in [0.4, 0.5) is 5.82 Å². The third-order valence-corrected chi connectivity index (χ3v) is 3.81. The number of hydrogen-bond donors (Lipinski definition) is 1. The highest BCUT2D eigenvalue weighted by molar-refractivity contribution is 5.89. The molecule has 1 aromatic heterocycles. The molecule has 0 spiro atoms. The molecule has 100 valence electrons. The van der Waals surface area contributed by atoms with Gasteiger partial charge in [0.05, 0.1) is 5.52 Å². The number of rotatable bonds is 3. The summed E-state index contributed by atoms with van der Waals surface area (Å²) in [4.78, 5) is 11.1. The number of nitrogens with one attached hydrogen (secondary N) is 1. The van der Waals surface area contributed by atoms with Crippen LogP contribution in [0.1, 0.15) is 12.8 Å². The number of fused-ring (bicyclic) bond motifs is 1. The molecule has 1 fully saturated rings. The lowest BCUT2D eigenvalue weighted by atomic mass is 9.99. The zero-order valence-electron chi connectivity index (χ0n) is 11.3. The maximum absolute atomic E-state index is 4.47. The molecule has 1 N–H and O–H groups in total. The van der Waals surface area contributed by atoms with Gasteiger partial charge in [-0.25, -0.2) is 9.97 Å². The Morgan fingerprint density at radius 2 is 2.21 bits per heavy atom. The average molecular weight is 256 g/mol. The van der Waals surface area contributed by atoms with E-state index in [0.29, 0.717) is 5.92 Å². The van der Waals surface area contributed by atoms with Crippen LogP contribution in [0, 0.1) is 5.92 Å². The van der Waals surface area contributed by atoms with E-state index in [0.717, 1.165) is 36.4 Å². The van der Waals surface area contributed by atoms with Crippen LogP contribution in [-0.2, 0) is 0 Å². The van der Waals surface area contributed by atoms with Crippen molar-refractivity contribution in [3.8, 4) is 0 Å². The van der Waals surface area contributed by atoms with Gasteiger partial charge in [-0.2, -0.15) is 0 Å². The van der Waals surface area contributed by atoms with Gasteiger partial charge in [0.25, 0.3) is 0 Å². The minimum absolute atomic E-state index is 0.715. The van der Waals surface area contributed by atoms with E-state index < -0.39 is 0 Å². The number of nitrogens with zero attached hydrogens (tertiary/aromatic N) is 3. The first-order valence-electron chi connectivity index (χ1n) is 6.96. The molecule has 1 aromatic carbocycles. The Bertz CT molecular complexity index is 543. The van der Waals surface area contributed by atoms with E-state index >= 15 is 0 Å². The first kappa shape index (κ1) is 12.4. The van der Waals surface area contributed by atoms with Crippen molar-refractivity contribution in [2.75, 3.05) is 31.6 Å². The first-order chi connectivity index (χ1) is 9.34. The number of aromatic nitrogens is 2. The highest BCUT2D eigenvalue weighted by Crippen LogP contribution is 2.23. The Morgan fingerprint density at radius 3 is 3.05 bits per heavy atom. The highest BCUT2D eigenvalue weighted by Gasteiger charge is 2.17. The van der Waals surface area contributed by atoms with E-state index in [1.807, 2.05) is 18.2 Å². The van der Waals surface area contributed by atoms with Crippen LogP contribution < -0.4 is 10.2 Å². The molecule has 1 atom stereocenters. The van der Waals surface area contributed by atoms with Crippen LogP contribution in [-0.4, -0.2) is 36.6 Å². The molecule has 4 heteroatoms. The van der Waals surface area contributed by atoms with E-state index in [1.165, 1.54) is 12.8 Å². The van der Waals surface area contributed by atoms with Crippen molar-refractivity contribution in [2.45, 2.75) is 12.8 Å². The lowest BCUT2D eigenvalue weighted by Gasteiger charge is -2.28. The second-order valence-corrected chi connectivity index (χ2v) is 5.31. The van der Waals surface area contributed by atoms with Crippen molar-refractivity contribution in [2.24, 2.45) is 5.92 Å². The smallest absolute Gasteiger partial charge is 0.139 e. The number of anilines is 1. The van der Waals surface area contributed by atoms with Crippen molar-refractivity contribution in [3.63, 3.8) is 0 Å². The van der Waals surface area contributed by atoms with Crippen LogP contribution in [0.25, 0.3) is 10.9 Å². The maximum atomic E-state index is 4.47. The number of piperidine rings is 1. The summed E-state index contributed by atoms with van der Waals surface area (Å²) in [6.45, 7) is 3.33. The van der Waals surface area contributed by atoms with Crippen molar-refractivity contribution in [1.82, 2.24) is 15.3 Å². The van der Waals surface area contributed by atoms with E-state index in [4.69, 9.17) is 0 Å². The number of benzene rings is 1. The molecule has 0 bridgehead atoms. The molecule has 2 heterocycles. The molecule has 0 radical (unpaired) electrons. The fourth-order valence-electron chi connectivity index (χ4n) is 2.85. The van der Waals surface area contributed by atoms with Gasteiger partial charge in [0, 0.05) is 19.0 Å². The molecule has 4 nitrogen and oxygen atoms in total. The van der Waals surface area contributed by atoms with Crippen LogP contribution in [0.5, 0.6) is 0 Å². The van der Waals surface area contributed by atoms with Crippen molar-refractivity contribution in [1.29, 1.82) is 0 Å². The van der Waals surface area contributed by atoms with Crippen LogP contribution in [0.3, 0.4) is 0 Å². The molecule has 0 aliphatic carbocycles. The minimum Gasteiger partial charge on any atom is -0.359 e. The predicted octanol–water partition coefficient (Wildman–Crippen LogP) is 2.07. The Morgan fingerprint density at radius 1 is 1.32 bits per heavy atom. The standard InChI is InChI=1S/C15H20N4/c1-19(10-12-5-4-8-16-9-12)15-13-6-2-3-7-14(13)17-11-18-15/h2-3,6-7,11-12,16H,4-5,8-10H2,1H3. The van der Waals surface area contributed by atoms with E-state index in [-0.39, 0.29) is 0 Å². The van der Waals surface area contributed by atoms with Gasteiger partial charge >= 0.3 is 0 Å². The van der Waals surface area contributed by atoms with Gasteiger partial charge in [-0.15, -0.1) is 0 Å². The normalized spacial score (nSPS) is 19.5. The molecule has 1 aliphatic heterocycles.